The summed E-state index contributed by atoms with van der Waals surface area (Å²) >= 11 is 0. The summed E-state index contributed by atoms with van der Waals surface area (Å²) in [6, 6.07) is 15.1. The number of piperidine rings is 1. The van der Waals surface area contributed by atoms with Crippen LogP contribution in [0.25, 0.3) is 0 Å². The summed E-state index contributed by atoms with van der Waals surface area (Å²) in [7, 11) is 0. The maximum absolute atomic E-state index is 12.5. The molecule has 1 fully saturated rings. The third kappa shape index (κ3) is 3.97. The van der Waals surface area contributed by atoms with Crippen LogP contribution in [-0.4, -0.2) is 41.6 Å². The van der Waals surface area contributed by atoms with Gasteiger partial charge in [0.05, 0.1) is 5.41 Å². The van der Waals surface area contributed by atoms with Gasteiger partial charge in [0.25, 0.3) is 5.91 Å². The lowest BCUT2D eigenvalue weighted by Crippen LogP contribution is -2.50. The molecule has 2 aromatic carbocycles. The molecule has 0 atom stereocenters. The molecule has 0 unspecified atom stereocenters. The minimum atomic E-state index is -0.924. The number of likely N-dealkylation sites (tertiary alicyclic amines) is 1. The molecule has 0 spiro atoms. The molecule has 0 aromatic heterocycles. The Kier molecular flexibility index (Phi) is 5.49. The fourth-order valence-corrected chi connectivity index (χ4v) is 3.71. The van der Waals surface area contributed by atoms with Crippen LogP contribution in [0.1, 0.15) is 29.5 Å². The molecule has 1 amide bonds. The highest BCUT2D eigenvalue weighted by atomic mass is 16.5. The van der Waals surface area contributed by atoms with Crippen molar-refractivity contribution in [2.24, 2.45) is 0 Å². The van der Waals surface area contributed by atoms with Crippen molar-refractivity contribution in [3.8, 4) is 5.75 Å². The highest BCUT2D eigenvalue weighted by Gasteiger charge is 2.43. The number of benzene rings is 2. The molecule has 3 rings (SSSR count). The summed E-state index contributed by atoms with van der Waals surface area (Å²) in [6.07, 6.45) is 0.809. The Morgan fingerprint density at radius 3 is 2.33 bits per heavy atom. The first-order valence-corrected chi connectivity index (χ1v) is 9.19. The number of carbonyl (C=O) groups is 2. The van der Waals surface area contributed by atoms with Gasteiger partial charge in [0, 0.05) is 13.1 Å². The smallest absolute Gasteiger partial charge is 0.314 e. The zero-order valence-corrected chi connectivity index (χ0v) is 15.8. The van der Waals surface area contributed by atoms with E-state index in [9.17, 15) is 14.7 Å². The van der Waals surface area contributed by atoms with Gasteiger partial charge in [-0.05, 0) is 43.9 Å². The predicted molar refractivity (Wildman–Crippen MR) is 103 cm³/mol. The van der Waals surface area contributed by atoms with E-state index in [1.165, 1.54) is 0 Å². The molecule has 0 radical (unpaired) electrons. The molecule has 5 nitrogen and oxygen atoms in total. The second-order valence-corrected chi connectivity index (χ2v) is 7.19. The van der Waals surface area contributed by atoms with Crippen molar-refractivity contribution in [2.45, 2.75) is 32.1 Å². The van der Waals surface area contributed by atoms with Gasteiger partial charge in [-0.1, -0.05) is 48.0 Å². The number of aryl methyl sites for hydroxylation is 2. The van der Waals surface area contributed by atoms with Crippen molar-refractivity contribution in [1.82, 2.24) is 4.90 Å². The summed E-state index contributed by atoms with van der Waals surface area (Å²) in [5, 5.41) is 9.84. The van der Waals surface area contributed by atoms with E-state index in [0.29, 0.717) is 31.7 Å². The van der Waals surface area contributed by atoms with Crippen molar-refractivity contribution in [3.63, 3.8) is 0 Å². The molecule has 27 heavy (non-hydrogen) atoms. The second kappa shape index (κ2) is 7.82. The molecule has 142 valence electrons. The number of carboxylic acid groups (broad SMARTS) is 1. The number of aliphatic carboxylic acids is 1. The Bertz CT molecular complexity index is 823. The lowest BCUT2D eigenvalue weighted by molar-refractivity contribution is -0.148. The van der Waals surface area contributed by atoms with Crippen molar-refractivity contribution < 1.29 is 19.4 Å². The van der Waals surface area contributed by atoms with Crippen LogP contribution in [0.3, 0.4) is 0 Å². The van der Waals surface area contributed by atoms with Gasteiger partial charge in [0.1, 0.15) is 5.75 Å². The maximum atomic E-state index is 12.5. The molecule has 1 heterocycles. The van der Waals surface area contributed by atoms with Gasteiger partial charge in [0.2, 0.25) is 0 Å². The van der Waals surface area contributed by atoms with E-state index in [-0.39, 0.29) is 12.5 Å². The number of ether oxygens (including phenoxy) is 1. The van der Waals surface area contributed by atoms with Gasteiger partial charge in [0.15, 0.2) is 6.61 Å². The van der Waals surface area contributed by atoms with Crippen molar-refractivity contribution >= 4 is 11.9 Å². The van der Waals surface area contributed by atoms with E-state index in [1.807, 2.05) is 62.4 Å². The van der Waals surface area contributed by atoms with Crippen LogP contribution in [0, 0.1) is 13.8 Å². The molecule has 1 aliphatic rings. The van der Waals surface area contributed by atoms with E-state index in [1.54, 1.807) is 4.90 Å². The normalized spacial score (nSPS) is 16.0. The van der Waals surface area contributed by atoms with Crippen LogP contribution in [0.15, 0.2) is 48.5 Å². The number of hydrogen-bond donors (Lipinski definition) is 1. The monoisotopic (exact) mass is 367 g/mol. The van der Waals surface area contributed by atoms with E-state index >= 15 is 0 Å². The van der Waals surface area contributed by atoms with Crippen LogP contribution in [0.2, 0.25) is 0 Å². The fraction of sp³-hybridized carbons (Fsp3) is 0.364. The van der Waals surface area contributed by atoms with Gasteiger partial charge >= 0.3 is 5.97 Å². The summed E-state index contributed by atoms with van der Waals surface area (Å²) in [5.74, 6) is -0.232. The Morgan fingerprint density at radius 2 is 1.74 bits per heavy atom. The summed E-state index contributed by atoms with van der Waals surface area (Å²) in [6.45, 7) is 4.76. The molecular weight excluding hydrogens is 342 g/mol. The van der Waals surface area contributed by atoms with Gasteiger partial charge in [-0.15, -0.1) is 0 Å². The standard InChI is InChI=1S/C22H25NO4/c1-16-8-9-19(17(2)14-16)27-15-20(24)23-12-10-22(11-13-23,21(25)26)18-6-4-3-5-7-18/h3-9,14H,10-13,15H2,1-2H3,(H,25,26). The molecule has 1 N–H and O–H groups in total. The van der Waals surface area contributed by atoms with Gasteiger partial charge in [-0.25, -0.2) is 0 Å². The maximum Gasteiger partial charge on any atom is 0.314 e. The molecular formula is C22H25NO4. The number of nitrogens with zero attached hydrogens (tertiary/aromatic N) is 1. The summed E-state index contributed by atoms with van der Waals surface area (Å²) < 4.78 is 5.68. The Morgan fingerprint density at radius 1 is 1.07 bits per heavy atom. The molecule has 2 aromatic rings. The number of hydrogen-bond acceptors (Lipinski definition) is 3. The number of amides is 1. The lowest BCUT2D eigenvalue weighted by atomic mass is 9.73. The zero-order chi connectivity index (χ0) is 19.4. The quantitative estimate of drug-likeness (QED) is 0.880. The zero-order valence-electron chi connectivity index (χ0n) is 15.8. The third-order valence-electron chi connectivity index (χ3n) is 5.39. The molecule has 0 saturated carbocycles. The predicted octanol–water partition coefficient (Wildman–Crippen LogP) is 3.33. The number of carboxylic acids is 1. The first-order chi connectivity index (χ1) is 12.9. The molecule has 0 bridgehead atoms. The fourth-order valence-electron chi connectivity index (χ4n) is 3.71. The Balaban J connectivity index is 1.62. The molecule has 0 aliphatic carbocycles. The first kappa shape index (κ1) is 19.0. The molecule has 1 saturated heterocycles. The van der Waals surface area contributed by atoms with Crippen LogP contribution < -0.4 is 4.74 Å². The van der Waals surface area contributed by atoms with Crippen LogP contribution in [0.5, 0.6) is 5.75 Å². The van der Waals surface area contributed by atoms with E-state index in [4.69, 9.17) is 4.74 Å². The van der Waals surface area contributed by atoms with Crippen molar-refractivity contribution in [3.05, 3.63) is 65.2 Å². The molecule has 5 heteroatoms. The average molecular weight is 367 g/mol. The Labute approximate surface area is 159 Å². The third-order valence-corrected chi connectivity index (χ3v) is 5.39. The first-order valence-electron chi connectivity index (χ1n) is 9.19. The highest BCUT2D eigenvalue weighted by molar-refractivity contribution is 5.83. The topological polar surface area (TPSA) is 66.8 Å². The van der Waals surface area contributed by atoms with Gasteiger partial charge < -0.3 is 14.7 Å². The van der Waals surface area contributed by atoms with E-state index in [0.717, 1.165) is 16.7 Å². The summed E-state index contributed by atoms with van der Waals surface area (Å²) in [5.41, 5.74) is 2.02. The van der Waals surface area contributed by atoms with Crippen molar-refractivity contribution in [2.75, 3.05) is 19.7 Å². The lowest BCUT2D eigenvalue weighted by Gasteiger charge is -2.39. The SMILES string of the molecule is Cc1ccc(OCC(=O)N2CCC(C(=O)O)(c3ccccc3)CC2)c(C)c1. The van der Waals surface area contributed by atoms with E-state index in [2.05, 4.69) is 0 Å². The number of carbonyl (C=O) groups excluding carboxylic acids is 1. The summed E-state index contributed by atoms with van der Waals surface area (Å²) in [4.78, 5) is 26.2. The van der Waals surface area contributed by atoms with Gasteiger partial charge in [-0.3, -0.25) is 9.59 Å². The minimum Gasteiger partial charge on any atom is -0.484 e. The average Bonchev–Trinajstić information content (AvgIpc) is 2.67. The van der Waals surface area contributed by atoms with Gasteiger partial charge in [-0.2, -0.15) is 0 Å². The van der Waals surface area contributed by atoms with E-state index < -0.39 is 11.4 Å². The van der Waals surface area contributed by atoms with Crippen LogP contribution in [0.4, 0.5) is 0 Å². The van der Waals surface area contributed by atoms with Crippen molar-refractivity contribution in [1.29, 1.82) is 0 Å². The Hall–Kier alpha value is -2.82. The largest absolute Gasteiger partial charge is 0.484 e. The van der Waals surface area contributed by atoms with Crippen LogP contribution in [-0.2, 0) is 15.0 Å². The minimum absolute atomic E-state index is 0.0324. The molecule has 1 aliphatic heterocycles. The van der Waals surface area contributed by atoms with Crippen LogP contribution >= 0.6 is 0 Å². The highest BCUT2D eigenvalue weighted by Crippen LogP contribution is 2.36. The number of rotatable bonds is 5. The second-order valence-electron chi connectivity index (χ2n) is 7.19.